The molecule has 0 saturated carbocycles. The van der Waals surface area contributed by atoms with Crippen LogP contribution < -0.4 is 0 Å². The number of aliphatic carboxylic acids is 1. The number of carbonyl (C=O) groups excluding carboxylic acids is 1. The van der Waals surface area contributed by atoms with Gasteiger partial charge in [-0.05, 0) is 19.1 Å². The second kappa shape index (κ2) is 6.29. The average molecular weight is 291 g/mol. The molecule has 4 nitrogen and oxygen atoms in total. The minimum Gasteiger partial charge on any atom is -0.500 e. The molecule has 1 aromatic rings. The van der Waals surface area contributed by atoms with Gasteiger partial charge in [0, 0.05) is 5.56 Å². The van der Waals surface area contributed by atoms with E-state index < -0.39 is 34.5 Å². The Balaban J connectivity index is 3.24. The van der Waals surface area contributed by atoms with Crippen LogP contribution in [0.25, 0.3) is 0 Å². The molecule has 0 bridgehead atoms. The molecule has 0 spiro atoms. The van der Waals surface area contributed by atoms with Crippen LogP contribution in [0.3, 0.4) is 0 Å². The number of rotatable bonds is 5. The molecule has 0 aromatic heterocycles. The van der Waals surface area contributed by atoms with Gasteiger partial charge >= 0.3 is 5.97 Å². The Hall–Kier alpha value is -1.95. The Labute approximate surface area is 112 Å². The third-order valence-electron chi connectivity index (χ3n) is 2.10. The number of halogens is 3. The molecule has 1 aromatic carbocycles. The summed E-state index contributed by atoms with van der Waals surface area (Å²) in [6.45, 7) is 1.74. The predicted octanol–water partition coefficient (Wildman–Crippen LogP) is 2.81. The molecule has 7 heteroatoms. The molecule has 0 saturated heterocycles. The highest BCUT2D eigenvalue weighted by Gasteiger charge is 2.23. The predicted molar refractivity (Wildman–Crippen MR) is 63.0 cm³/mol. The number of Topliss-reactive ketones (excluding diaryl/α,β-unsaturated/α-hetero) is 1. The summed E-state index contributed by atoms with van der Waals surface area (Å²) in [5.74, 6) is -5.15. The molecule has 0 atom stereocenters. The summed E-state index contributed by atoms with van der Waals surface area (Å²) in [6, 6.07) is 1.15. The van der Waals surface area contributed by atoms with Crippen LogP contribution in [0.4, 0.5) is 8.78 Å². The number of hydrogen-bond donors (Lipinski definition) is 1. The van der Waals surface area contributed by atoms with Gasteiger partial charge < -0.3 is 9.84 Å². The van der Waals surface area contributed by atoms with Gasteiger partial charge in [-0.15, -0.1) is 0 Å². The maximum absolute atomic E-state index is 13.1. The Morgan fingerprint density at radius 1 is 1.37 bits per heavy atom. The van der Waals surface area contributed by atoms with Crippen molar-refractivity contribution < 1.29 is 28.2 Å². The lowest BCUT2D eigenvalue weighted by Gasteiger charge is -2.05. The van der Waals surface area contributed by atoms with E-state index in [0.717, 1.165) is 6.26 Å². The molecule has 0 aliphatic carbocycles. The van der Waals surface area contributed by atoms with Gasteiger partial charge in [0.25, 0.3) is 0 Å². The lowest BCUT2D eigenvalue weighted by Crippen LogP contribution is -2.14. The summed E-state index contributed by atoms with van der Waals surface area (Å²) >= 11 is 5.59. The summed E-state index contributed by atoms with van der Waals surface area (Å²) in [5.41, 5.74) is -1.18. The number of carboxylic acid groups (broad SMARTS) is 1. The molecule has 1 rings (SSSR count). The van der Waals surface area contributed by atoms with E-state index in [1.165, 1.54) is 0 Å². The number of hydrogen-bond acceptors (Lipinski definition) is 3. The van der Waals surface area contributed by atoms with Gasteiger partial charge in [-0.2, -0.15) is 0 Å². The summed E-state index contributed by atoms with van der Waals surface area (Å²) < 4.78 is 30.6. The van der Waals surface area contributed by atoms with Crippen molar-refractivity contribution in [2.45, 2.75) is 6.92 Å². The first-order chi connectivity index (χ1) is 8.88. The van der Waals surface area contributed by atoms with Gasteiger partial charge in [0.1, 0.15) is 11.8 Å². The number of ether oxygens (including phenoxy) is 1. The summed E-state index contributed by atoms with van der Waals surface area (Å²) in [7, 11) is 0. The van der Waals surface area contributed by atoms with Crippen molar-refractivity contribution >= 4 is 23.4 Å². The van der Waals surface area contributed by atoms with E-state index in [1.54, 1.807) is 6.92 Å². The molecular weight excluding hydrogens is 282 g/mol. The maximum atomic E-state index is 13.1. The monoisotopic (exact) mass is 290 g/mol. The highest BCUT2D eigenvalue weighted by molar-refractivity contribution is 6.36. The SMILES string of the molecule is CCO/C=C(/C(=O)O)C(=O)c1cc(F)c(F)cc1Cl. The van der Waals surface area contributed by atoms with Gasteiger partial charge in [-0.25, -0.2) is 13.6 Å². The van der Waals surface area contributed by atoms with Crippen LogP contribution in [0, 0.1) is 11.6 Å². The Bertz CT molecular complexity index is 555. The zero-order chi connectivity index (χ0) is 14.6. The largest absolute Gasteiger partial charge is 0.500 e. The summed E-state index contributed by atoms with van der Waals surface area (Å²) in [5, 5.41) is 8.48. The number of ketones is 1. The highest BCUT2D eigenvalue weighted by Crippen LogP contribution is 2.23. The zero-order valence-electron chi connectivity index (χ0n) is 9.75. The van der Waals surface area contributed by atoms with Crippen molar-refractivity contribution in [2.75, 3.05) is 6.61 Å². The zero-order valence-corrected chi connectivity index (χ0v) is 10.5. The first kappa shape index (κ1) is 15.1. The standard InChI is InChI=1S/C12H9ClF2O4/c1-2-19-5-7(12(17)18)11(16)6-3-9(14)10(15)4-8(6)13/h3-5H,2H2,1H3,(H,17,18)/b7-5+. The molecule has 0 unspecified atom stereocenters. The third kappa shape index (κ3) is 3.51. The lowest BCUT2D eigenvalue weighted by molar-refractivity contribution is -0.132. The van der Waals surface area contributed by atoms with Crippen LogP contribution in [-0.4, -0.2) is 23.5 Å². The van der Waals surface area contributed by atoms with Gasteiger partial charge in [-0.3, -0.25) is 4.79 Å². The molecule has 0 aliphatic rings. The van der Waals surface area contributed by atoms with Crippen LogP contribution in [0.15, 0.2) is 24.0 Å². The van der Waals surface area contributed by atoms with E-state index in [2.05, 4.69) is 0 Å². The normalized spacial score (nSPS) is 11.3. The highest BCUT2D eigenvalue weighted by atomic mass is 35.5. The van der Waals surface area contributed by atoms with E-state index in [9.17, 15) is 18.4 Å². The fraction of sp³-hybridized carbons (Fsp3) is 0.167. The lowest BCUT2D eigenvalue weighted by atomic mass is 10.0. The van der Waals surface area contributed by atoms with E-state index in [1.807, 2.05) is 0 Å². The van der Waals surface area contributed by atoms with Crippen molar-refractivity contribution in [1.29, 1.82) is 0 Å². The maximum Gasteiger partial charge on any atom is 0.342 e. The van der Waals surface area contributed by atoms with Crippen LogP contribution in [0.5, 0.6) is 0 Å². The van der Waals surface area contributed by atoms with Crippen LogP contribution >= 0.6 is 11.6 Å². The Morgan fingerprint density at radius 3 is 2.47 bits per heavy atom. The molecule has 19 heavy (non-hydrogen) atoms. The summed E-state index contributed by atoms with van der Waals surface area (Å²) in [6.07, 6.45) is 0.738. The molecule has 1 N–H and O–H groups in total. The number of carboxylic acids is 1. The van der Waals surface area contributed by atoms with Crippen LogP contribution in [0.2, 0.25) is 5.02 Å². The smallest absolute Gasteiger partial charge is 0.342 e. The molecular formula is C12H9ClF2O4. The molecule has 0 radical (unpaired) electrons. The van der Waals surface area contributed by atoms with Crippen molar-refractivity contribution in [1.82, 2.24) is 0 Å². The quantitative estimate of drug-likeness (QED) is 0.226. The van der Waals surface area contributed by atoms with Gasteiger partial charge in [0.2, 0.25) is 5.78 Å². The second-order valence-corrected chi connectivity index (χ2v) is 3.77. The van der Waals surface area contributed by atoms with Gasteiger partial charge in [0.15, 0.2) is 11.6 Å². The third-order valence-corrected chi connectivity index (χ3v) is 2.41. The first-order valence-corrected chi connectivity index (χ1v) is 5.50. The van der Waals surface area contributed by atoms with Gasteiger partial charge in [0.05, 0.1) is 11.6 Å². The first-order valence-electron chi connectivity index (χ1n) is 5.12. The summed E-state index contributed by atoms with van der Waals surface area (Å²) in [4.78, 5) is 22.8. The molecule has 0 aliphatic heterocycles. The fourth-order valence-electron chi connectivity index (χ4n) is 1.21. The van der Waals surface area contributed by atoms with E-state index in [0.29, 0.717) is 12.1 Å². The van der Waals surface area contributed by atoms with Crippen molar-refractivity contribution in [2.24, 2.45) is 0 Å². The Kier molecular flexibility index (Phi) is 5.00. The fourth-order valence-corrected chi connectivity index (χ4v) is 1.45. The van der Waals surface area contributed by atoms with Crippen LogP contribution in [-0.2, 0) is 9.53 Å². The Morgan fingerprint density at radius 2 is 1.95 bits per heavy atom. The molecule has 0 fully saturated rings. The molecule has 102 valence electrons. The van der Waals surface area contributed by atoms with Crippen molar-refractivity contribution in [3.8, 4) is 0 Å². The van der Waals surface area contributed by atoms with E-state index >= 15 is 0 Å². The van der Waals surface area contributed by atoms with Gasteiger partial charge in [-0.1, -0.05) is 11.6 Å². The van der Waals surface area contributed by atoms with Crippen molar-refractivity contribution in [3.63, 3.8) is 0 Å². The molecule has 0 amide bonds. The molecule has 0 heterocycles. The minimum absolute atomic E-state index is 0.148. The van der Waals surface area contributed by atoms with Crippen molar-refractivity contribution in [3.05, 3.63) is 46.2 Å². The number of benzene rings is 1. The van der Waals surface area contributed by atoms with E-state index in [-0.39, 0.29) is 11.6 Å². The minimum atomic E-state index is -1.56. The van der Waals surface area contributed by atoms with Crippen LogP contribution in [0.1, 0.15) is 17.3 Å². The second-order valence-electron chi connectivity index (χ2n) is 3.37. The number of carbonyl (C=O) groups is 2. The topological polar surface area (TPSA) is 63.6 Å². The van der Waals surface area contributed by atoms with E-state index in [4.69, 9.17) is 21.4 Å². The average Bonchev–Trinajstić information content (AvgIpc) is 2.33.